The zero-order valence-corrected chi connectivity index (χ0v) is 13.0. The van der Waals surface area contributed by atoms with Gasteiger partial charge < -0.3 is 5.73 Å². The number of pyridine rings is 1. The summed E-state index contributed by atoms with van der Waals surface area (Å²) in [4.78, 5) is 28.5. The normalized spacial score (nSPS) is 11.5. The molecule has 0 radical (unpaired) electrons. The number of carbonyl (C=O) groups excluding carboxylic acids is 2. The Balaban J connectivity index is 2.05. The van der Waals surface area contributed by atoms with E-state index < -0.39 is 17.6 Å². The molecule has 0 bridgehead atoms. The van der Waals surface area contributed by atoms with Gasteiger partial charge >= 0.3 is 0 Å². The second kappa shape index (κ2) is 6.76. The molecular formula is C18H13N5O2. The molecule has 25 heavy (non-hydrogen) atoms. The van der Waals surface area contributed by atoms with Gasteiger partial charge in [0.15, 0.2) is 5.92 Å². The highest BCUT2D eigenvalue weighted by molar-refractivity contribution is 6.03. The number of aromatic nitrogens is 3. The van der Waals surface area contributed by atoms with E-state index in [2.05, 4.69) is 10.1 Å². The molecule has 3 aromatic rings. The highest BCUT2D eigenvalue weighted by atomic mass is 16.1. The average Bonchev–Trinajstić information content (AvgIpc) is 3.10. The van der Waals surface area contributed by atoms with E-state index in [4.69, 9.17) is 5.73 Å². The van der Waals surface area contributed by atoms with Crippen LogP contribution in [0.1, 0.15) is 32.6 Å². The van der Waals surface area contributed by atoms with Gasteiger partial charge in [0, 0.05) is 12.3 Å². The second-order valence-electron chi connectivity index (χ2n) is 5.21. The molecular weight excluding hydrogens is 318 g/mol. The number of ketones is 1. The fraction of sp³-hybridized carbons (Fsp3) is 0.0556. The third-order valence-electron chi connectivity index (χ3n) is 3.59. The Labute approximate surface area is 143 Å². The van der Waals surface area contributed by atoms with Crippen molar-refractivity contribution in [1.82, 2.24) is 14.8 Å². The number of hydrogen-bond acceptors (Lipinski definition) is 5. The molecule has 1 aromatic carbocycles. The number of hydrogen-bond donors (Lipinski definition) is 1. The van der Waals surface area contributed by atoms with Crippen molar-refractivity contribution in [1.29, 1.82) is 5.26 Å². The van der Waals surface area contributed by atoms with E-state index in [1.807, 2.05) is 12.1 Å². The molecule has 0 unspecified atom stereocenters. The average molecular weight is 331 g/mol. The summed E-state index contributed by atoms with van der Waals surface area (Å²) in [6.07, 6.45) is 1.50. The molecule has 0 aliphatic rings. The summed E-state index contributed by atoms with van der Waals surface area (Å²) >= 11 is 0. The summed E-state index contributed by atoms with van der Waals surface area (Å²) in [7, 11) is 0. The highest BCUT2D eigenvalue weighted by Gasteiger charge is 2.27. The fourth-order valence-electron chi connectivity index (χ4n) is 2.40. The molecule has 2 N–H and O–H groups in total. The molecule has 0 spiro atoms. The monoisotopic (exact) mass is 331 g/mol. The lowest BCUT2D eigenvalue weighted by molar-refractivity contribution is 0.0970. The number of para-hydroxylation sites is 1. The molecule has 1 amide bonds. The molecule has 0 fully saturated rings. The van der Waals surface area contributed by atoms with E-state index in [1.54, 1.807) is 42.5 Å². The van der Waals surface area contributed by atoms with Crippen molar-refractivity contribution in [2.45, 2.75) is 5.92 Å². The van der Waals surface area contributed by atoms with Crippen LogP contribution in [0.25, 0.3) is 5.69 Å². The Hall–Kier alpha value is -3.79. The summed E-state index contributed by atoms with van der Waals surface area (Å²) in [6, 6.07) is 17.0. The third-order valence-corrected chi connectivity index (χ3v) is 3.59. The fourth-order valence-corrected chi connectivity index (χ4v) is 2.40. The van der Waals surface area contributed by atoms with Crippen LogP contribution in [0.4, 0.5) is 0 Å². The Kier molecular flexibility index (Phi) is 4.35. The summed E-state index contributed by atoms with van der Waals surface area (Å²) in [5, 5.41) is 13.6. The molecule has 7 nitrogen and oxygen atoms in total. The molecule has 122 valence electrons. The van der Waals surface area contributed by atoms with Crippen LogP contribution in [-0.4, -0.2) is 26.5 Å². The van der Waals surface area contributed by atoms with Crippen LogP contribution in [0, 0.1) is 11.3 Å². The maximum Gasteiger partial charge on any atom is 0.267 e. The predicted octanol–water partition coefficient (Wildman–Crippen LogP) is 1.86. The van der Waals surface area contributed by atoms with Crippen molar-refractivity contribution in [3.63, 3.8) is 0 Å². The second-order valence-corrected chi connectivity index (χ2v) is 5.21. The van der Waals surface area contributed by atoms with Gasteiger partial charge in [0.2, 0.25) is 5.78 Å². The highest BCUT2D eigenvalue weighted by Crippen LogP contribution is 2.20. The standard InChI is InChI=1S/C18H13N5O2/c19-11-13(14-8-4-5-9-21-14)17(24)15-10-16(18(20)25)23(22-15)12-6-2-1-3-7-12/h1-10,13H,(H2,20,25)/t13-/m0/s1. The molecule has 0 aliphatic carbocycles. The number of rotatable bonds is 5. The first-order valence-electron chi connectivity index (χ1n) is 7.42. The Bertz CT molecular complexity index is 958. The van der Waals surface area contributed by atoms with E-state index in [0.29, 0.717) is 11.4 Å². The number of Topliss-reactive ketones (excluding diaryl/α,β-unsaturated/α-hetero) is 1. The van der Waals surface area contributed by atoms with E-state index in [-0.39, 0.29) is 11.4 Å². The van der Waals surface area contributed by atoms with E-state index >= 15 is 0 Å². The van der Waals surface area contributed by atoms with Crippen LogP contribution in [0.15, 0.2) is 60.8 Å². The minimum atomic E-state index is -1.11. The van der Waals surface area contributed by atoms with Gasteiger partial charge in [-0.1, -0.05) is 24.3 Å². The smallest absolute Gasteiger partial charge is 0.267 e. The minimum absolute atomic E-state index is 0.0187. The first-order valence-corrected chi connectivity index (χ1v) is 7.42. The third kappa shape index (κ3) is 3.14. The quantitative estimate of drug-likeness (QED) is 0.717. The minimum Gasteiger partial charge on any atom is -0.364 e. The SMILES string of the molecule is N#C[C@H](C(=O)c1cc(C(N)=O)n(-c2ccccc2)n1)c1ccccn1. The molecule has 1 atom stereocenters. The maximum absolute atomic E-state index is 12.7. The molecule has 3 rings (SSSR count). The Morgan fingerprint density at radius 3 is 2.44 bits per heavy atom. The molecule has 2 aromatic heterocycles. The van der Waals surface area contributed by atoms with Gasteiger partial charge in [-0.3, -0.25) is 14.6 Å². The lowest BCUT2D eigenvalue weighted by atomic mass is 9.99. The van der Waals surface area contributed by atoms with E-state index in [1.165, 1.54) is 16.9 Å². The van der Waals surface area contributed by atoms with Gasteiger partial charge in [0.05, 0.1) is 17.5 Å². The number of nitrogens with zero attached hydrogens (tertiary/aromatic N) is 4. The van der Waals surface area contributed by atoms with Crippen LogP contribution in [-0.2, 0) is 0 Å². The van der Waals surface area contributed by atoms with Crippen LogP contribution < -0.4 is 5.73 Å². The van der Waals surface area contributed by atoms with Crippen LogP contribution in [0.5, 0.6) is 0 Å². The van der Waals surface area contributed by atoms with Gasteiger partial charge in [-0.05, 0) is 24.3 Å². The zero-order valence-electron chi connectivity index (χ0n) is 13.0. The van der Waals surface area contributed by atoms with Gasteiger partial charge in [-0.15, -0.1) is 0 Å². The largest absolute Gasteiger partial charge is 0.364 e. The number of amides is 1. The lowest BCUT2D eigenvalue weighted by Gasteiger charge is -2.05. The number of nitriles is 1. The first-order chi connectivity index (χ1) is 12.1. The van der Waals surface area contributed by atoms with E-state index in [0.717, 1.165) is 0 Å². The number of carbonyl (C=O) groups is 2. The van der Waals surface area contributed by atoms with Gasteiger partial charge in [0.1, 0.15) is 11.4 Å². The lowest BCUT2D eigenvalue weighted by Crippen LogP contribution is -2.16. The van der Waals surface area contributed by atoms with Crippen LogP contribution in [0.3, 0.4) is 0 Å². The zero-order chi connectivity index (χ0) is 17.8. The van der Waals surface area contributed by atoms with Crippen LogP contribution >= 0.6 is 0 Å². The van der Waals surface area contributed by atoms with Crippen molar-refractivity contribution < 1.29 is 9.59 Å². The van der Waals surface area contributed by atoms with E-state index in [9.17, 15) is 14.9 Å². The Morgan fingerprint density at radius 2 is 1.84 bits per heavy atom. The molecule has 0 saturated carbocycles. The summed E-state index contributed by atoms with van der Waals surface area (Å²) in [5.74, 6) is -2.37. The van der Waals surface area contributed by atoms with Crippen molar-refractivity contribution in [3.05, 3.63) is 77.9 Å². The summed E-state index contributed by atoms with van der Waals surface area (Å²) in [6.45, 7) is 0. The number of primary amides is 1. The Morgan fingerprint density at radius 1 is 1.12 bits per heavy atom. The van der Waals surface area contributed by atoms with Crippen molar-refractivity contribution >= 4 is 11.7 Å². The van der Waals surface area contributed by atoms with Gasteiger partial charge in [-0.2, -0.15) is 10.4 Å². The number of nitrogens with two attached hydrogens (primary N) is 1. The number of benzene rings is 1. The molecule has 0 saturated heterocycles. The maximum atomic E-state index is 12.7. The van der Waals surface area contributed by atoms with Gasteiger partial charge in [-0.25, -0.2) is 4.68 Å². The summed E-state index contributed by atoms with van der Waals surface area (Å²) in [5.41, 5.74) is 6.35. The molecule has 7 heteroatoms. The first kappa shape index (κ1) is 16.1. The summed E-state index contributed by atoms with van der Waals surface area (Å²) < 4.78 is 1.29. The van der Waals surface area contributed by atoms with Crippen LogP contribution in [0.2, 0.25) is 0 Å². The molecule has 2 heterocycles. The van der Waals surface area contributed by atoms with Crippen molar-refractivity contribution in [3.8, 4) is 11.8 Å². The van der Waals surface area contributed by atoms with Crippen molar-refractivity contribution in [2.24, 2.45) is 5.73 Å². The van der Waals surface area contributed by atoms with Crippen molar-refractivity contribution in [2.75, 3.05) is 0 Å². The van der Waals surface area contributed by atoms with Gasteiger partial charge in [0.25, 0.3) is 5.91 Å². The molecule has 0 aliphatic heterocycles. The topological polar surface area (TPSA) is 115 Å². The predicted molar refractivity (Wildman–Crippen MR) is 89.0 cm³/mol.